The largest absolute Gasteiger partial charge is 0.495 e. The molecule has 0 saturated heterocycles. The zero-order valence-corrected chi connectivity index (χ0v) is 19.6. The van der Waals surface area contributed by atoms with E-state index in [2.05, 4.69) is 12.2 Å². The van der Waals surface area contributed by atoms with Gasteiger partial charge < -0.3 is 14.8 Å². The molecule has 3 rings (SSSR count). The third kappa shape index (κ3) is 5.60. The van der Waals surface area contributed by atoms with E-state index in [1.807, 2.05) is 19.1 Å². The van der Waals surface area contributed by atoms with Crippen molar-refractivity contribution in [3.63, 3.8) is 0 Å². The van der Waals surface area contributed by atoms with Gasteiger partial charge in [0, 0.05) is 31.9 Å². The lowest BCUT2D eigenvalue weighted by molar-refractivity contribution is -0.384. The molecular weight excluding hydrogens is 438 g/mol. The van der Waals surface area contributed by atoms with Crippen molar-refractivity contribution in [1.29, 1.82) is 0 Å². The van der Waals surface area contributed by atoms with Crippen molar-refractivity contribution in [2.45, 2.75) is 33.1 Å². The monoisotopic (exact) mass is 467 g/mol. The molecule has 0 unspecified atom stereocenters. The molecule has 0 aliphatic carbocycles. The molecule has 0 saturated carbocycles. The maximum atomic E-state index is 13.3. The second kappa shape index (κ2) is 11.4. The number of methoxy groups -OCH3 is 1. The molecule has 1 heterocycles. The fraction of sp³-hybridized carbons (Fsp3) is 0.360. The molecule has 0 fully saturated rings. The summed E-state index contributed by atoms with van der Waals surface area (Å²) >= 11 is 0. The van der Waals surface area contributed by atoms with Crippen LogP contribution in [-0.4, -0.2) is 48.5 Å². The number of non-ortho nitro benzene ring substituents is 1. The van der Waals surface area contributed by atoms with Crippen LogP contribution in [0.1, 0.15) is 37.3 Å². The predicted molar refractivity (Wildman–Crippen MR) is 128 cm³/mol. The zero-order valence-electron chi connectivity index (χ0n) is 19.6. The number of nitro benzene ring substituents is 1. The first-order valence-corrected chi connectivity index (χ1v) is 11.2. The lowest BCUT2D eigenvalue weighted by Gasteiger charge is -2.16. The second-order valence-electron chi connectivity index (χ2n) is 7.96. The van der Waals surface area contributed by atoms with Gasteiger partial charge >= 0.3 is 0 Å². The van der Waals surface area contributed by atoms with Gasteiger partial charge in [-0.05, 0) is 55.2 Å². The van der Waals surface area contributed by atoms with Gasteiger partial charge in [-0.1, -0.05) is 19.4 Å². The Morgan fingerprint density at radius 1 is 1.03 bits per heavy atom. The molecule has 0 atom stereocenters. The van der Waals surface area contributed by atoms with Crippen LogP contribution in [0.5, 0.6) is 5.75 Å². The van der Waals surface area contributed by atoms with E-state index in [9.17, 15) is 19.7 Å². The molecule has 9 heteroatoms. The van der Waals surface area contributed by atoms with Crippen molar-refractivity contribution < 1.29 is 24.0 Å². The second-order valence-corrected chi connectivity index (χ2v) is 7.96. The summed E-state index contributed by atoms with van der Waals surface area (Å²) in [4.78, 5) is 38.4. The average molecular weight is 468 g/mol. The van der Waals surface area contributed by atoms with Crippen LogP contribution in [0.15, 0.2) is 48.2 Å². The number of benzene rings is 2. The summed E-state index contributed by atoms with van der Waals surface area (Å²) < 4.78 is 11.0. The Morgan fingerprint density at radius 3 is 2.38 bits per heavy atom. The highest BCUT2D eigenvalue weighted by Gasteiger charge is 2.39. The summed E-state index contributed by atoms with van der Waals surface area (Å²) in [7, 11) is 1.52. The maximum Gasteiger partial charge on any atom is 0.278 e. The van der Waals surface area contributed by atoms with Crippen molar-refractivity contribution in [2.24, 2.45) is 0 Å². The molecule has 1 aliphatic rings. The Morgan fingerprint density at radius 2 is 1.74 bits per heavy atom. The van der Waals surface area contributed by atoms with Crippen LogP contribution in [0.4, 0.5) is 11.4 Å². The van der Waals surface area contributed by atoms with E-state index in [1.54, 1.807) is 6.07 Å². The molecule has 180 valence electrons. The molecule has 9 nitrogen and oxygen atoms in total. The van der Waals surface area contributed by atoms with Crippen LogP contribution >= 0.6 is 0 Å². The fourth-order valence-electron chi connectivity index (χ4n) is 3.64. The van der Waals surface area contributed by atoms with Crippen LogP contribution in [0.3, 0.4) is 0 Å². The Labute approximate surface area is 198 Å². The fourth-order valence-corrected chi connectivity index (χ4v) is 3.64. The Balaban J connectivity index is 1.92. The van der Waals surface area contributed by atoms with Gasteiger partial charge in [0.25, 0.3) is 17.5 Å². The van der Waals surface area contributed by atoms with Crippen LogP contribution in [0.25, 0.3) is 5.57 Å². The summed E-state index contributed by atoms with van der Waals surface area (Å²) in [5.41, 5.74) is 2.07. The zero-order chi connectivity index (χ0) is 24.7. The number of aryl methyl sites for hydroxylation is 1. The smallest absolute Gasteiger partial charge is 0.278 e. The summed E-state index contributed by atoms with van der Waals surface area (Å²) in [6, 6.07) is 11.1. The Bertz CT molecular complexity index is 1090. The molecule has 2 aromatic rings. The van der Waals surface area contributed by atoms with Crippen LogP contribution in [0, 0.1) is 17.0 Å². The summed E-state index contributed by atoms with van der Waals surface area (Å²) in [5.74, 6) is -0.402. The molecule has 0 radical (unpaired) electrons. The van der Waals surface area contributed by atoms with E-state index in [4.69, 9.17) is 9.47 Å². The molecular formula is C25H29N3O6. The average Bonchev–Trinajstić information content (AvgIpc) is 3.05. The third-order valence-corrected chi connectivity index (χ3v) is 5.46. The number of nitrogens with zero attached hydrogens (tertiary/aromatic N) is 2. The number of rotatable bonds is 12. The number of hydrogen-bond donors (Lipinski definition) is 1. The van der Waals surface area contributed by atoms with E-state index in [1.165, 1.54) is 36.3 Å². The lowest BCUT2D eigenvalue weighted by atomic mass is 10.0. The summed E-state index contributed by atoms with van der Waals surface area (Å²) in [6.07, 6.45) is 2.50. The SMILES string of the molecule is CCCCOCCCN1C(=O)C(Nc2cc(C)ccc2OC)=C(c2ccc([N+](=O)[O-])cc2)C1=O. The van der Waals surface area contributed by atoms with E-state index in [-0.39, 0.29) is 23.5 Å². The number of unbranched alkanes of at least 4 members (excludes halogenated alkanes) is 1. The summed E-state index contributed by atoms with van der Waals surface area (Å²) in [6.45, 7) is 5.27. The van der Waals surface area contributed by atoms with Crippen LogP contribution in [-0.2, 0) is 14.3 Å². The normalized spacial score (nSPS) is 13.6. The number of ether oxygens (including phenoxy) is 2. The van der Waals surface area contributed by atoms with E-state index < -0.39 is 16.7 Å². The number of imide groups is 1. The molecule has 0 bridgehead atoms. The van der Waals surface area contributed by atoms with Gasteiger partial charge in [-0.2, -0.15) is 0 Å². The van der Waals surface area contributed by atoms with Gasteiger partial charge in [0.2, 0.25) is 0 Å². The first-order valence-electron chi connectivity index (χ1n) is 11.2. The minimum atomic E-state index is -0.512. The molecule has 0 aromatic heterocycles. The molecule has 0 spiro atoms. The highest BCUT2D eigenvalue weighted by Crippen LogP contribution is 2.34. The number of amides is 2. The molecule has 34 heavy (non-hydrogen) atoms. The van der Waals surface area contributed by atoms with Gasteiger partial charge in [0.05, 0.1) is 23.3 Å². The van der Waals surface area contributed by atoms with Crippen molar-refractivity contribution in [3.05, 3.63) is 69.4 Å². The maximum absolute atomic E-state index is 13.3. The van der Waals surface area contributed by atoms with Gasteiger partial charge in [0.1, 0.15) is 11.4 Å². The minimum Gasteiger partial charge on any atom is -0.495 e. The molecule has 1 N–H and O–H groups in total. The molecule has 2 amide bonds. The van der Waals surface area contributed by atoms with Crippen molar-refractivity contribution in [3.8, 4) is 5.75 Å². The van der Waals surface area contributed by atoms with Gasteiger partial charge in [0.15, 0.2) is 0 Å². The van der Waals surface area contributed by atoms with E-state index >= 15 is 0 Å². The quantitative estimate of drug-likeness (QED) is 0.214. The van der Waals surface area contributed by atoms with Gasteiger partial charge in [-0.25, -0.2) is 0 Å². The van der Waals surface area contributed by atoms with Gasteiger partial charge in [-0.3, -0.25) is 24.6 Å². The number of anilines is 1. The Hall–Kier alpha value is -3.72. The van der Waals surface area contributed by atoms with Crippen molar-refractivity contribution in [2.75, 3.05) is 32.2 Å². The number of carbonyl (C=O) groups is 2. The summed E-state index contributed by atoms with van der Waals surface area (Å²) in [5, 5.41) is 14.1. The first-order chi connectivity index (χ1) is 16.4. The lowest BCUT2D eigenvalue weighted by Crippen LogP contribution is -2.34. The highest BCUT2D eigenvalue weighted by molar-refractivity contribution is 6.36. The van der Waals surface area contributed by atoms with Crippen LogP contribution < -0.4 is 10.1 Å². The molecule has 1 aliphatic heterocycles. The first kappa shape index (κ1) is 24.9. The van der Waals surface area contributed by atoms with E-state index in [0.717, 1.165) is 18.4 Å². The third-order valence-electron chi connectivity index (χ3n) is 5.46. The number of nitrogens with one attached hydrogen (secondary N) is 1. The number of nitro groups is 1. The van der Waals surface area contributed by atoms with Gasteiger partial charge in [-0.15, -0.1) is 0 Å². The van der Waals surface area contributed by atoms with Crippen LogP contribution in [0.2, 0.25) is 0 Å². The van der Waals surface area contributed by atoms with Crippen molar-refractivity contribution >= 4 is 28.8 Å². The predicted octanol–water partition coefficient (Wildman–Crippen LogP) is 4.31. The highest BCUT2D eigenvalue weighted by atomic mass is 16.6. The standard InChI is InChI=1S/C25H29N3O6/c1-4-5-14-34-15-6-13-27-24(29)22(18-8-10-19(11-9-18)28(31)32)23(25(27)30)26-20-16-17(2)7-12-21(20)33-3/h7-12,16,26H,4-6,13-15H2,1-3H3. The van der Waals surface area contributed by atoms with Crippen molar-refractivity contribution in [1.82, 2.24) is 4.90 Å². The number of hydrogen-bond acceptors (Lipinski definition) is 7. The number of carbonyl (C=O) groups excluding carboxylic acids is 2. The Kier molecular flexibility index (Phi) is 8.37. The molecule has 2 aromatic carbocycles. The minimum absolute atomic E-state index is 0.0999. The topological polar surface area (TPSA) is 111 Å². The van der Waals surface area contributed by atoms with E-state index in [0.29, 0.717) is 36.6 Å².